The Morgan fingerprint density at radius 3 is 2.19 bits per heavy atom. The number of nitrogens with zero attached hydrogens (tertiary/aromatic N) is 1. The number of rotatable bonds is 9. The maximum absolute atomic E-state index is 13.0. The molecule has 1 amide bonds. The van der Waals surface area contributed by atoms with Crippen LogP contribution in [-0.2, 0) is 21.4 Å². The van der Waals surface area contributed by atoms with Crippen LogP contribution in [0.4, 0.5) is 0 Å². The van der Waals surface area contributed by atoms with Crippen molar-refractivity contribution in [2.75, 3.05) is 13.1 Å². The third-order valence-corrected chi connectivity index (χ3v) is 7.47. The van der Waals surface area contributed by atoms with Crippen LogP contribution in [-0.4, -0.2) is 44.4 Å². The Morgan fingerprint density at radius 1 is 1.03 bits per heavy atom. The van der Waals surface area contributed by atoms with Gasteiger partial charge in [-0.1, -0.05) is 68.8 Å². The van der Waals surface area contributed by atoms with Crippen molar-refractivity contribution in [1.82, 2.24) is 14.9 Å². The maximum atomic E-state index is 13.0. The van der Waals surface area contributed by atoms with Gasteiger partial charge in [0.15, 0.2) is 0 Å². The molecule has 2 aromatic carbocycles. The molecule has 0 radical (unpaired) electrons. The van der Waals surface area contributed by atoms with E-state index >= 15 is 0 Å². The number of benzene rings is 2. The average molecular weight is 444 g/mol. The zero-order chi connectivity index (χ0) is 22.3. The van der Waals surface area contributed by atoms with E-state index in [0.29, 0.717) is 6.42 Å². The minimum Gasteiger partial charge on any atom is -0.352 e. The van der Waals surface area contributed by atoms with Crippen LogP contribution in [0.2, 0.25) is 0 Å². The van der Waals surface area contributed by atoms with Crippen molar-refractivity contribution in [1.29, 1.82) is 0 Å². The second-order valence-electron chi connectivity index (χ2n) is 8.34. The average Bonchev–Trinajstić information content (AvgIpc) is 2.79. The van der Waals surface area contributed by atoms with E-state index in [2.05, 4.69) is 27.1 Å². The Hall–Kier alpha value is -2.22. The highest BCUT2D eigenvalue weighted by Gasteiger charge is 2.31. The molecule has 1 heterocycles. The molecule has 0 aromatic heterocycles. The van der Waals surface area contributed by atoms with Crippen molar-refractivity contribution in [2.24, 2.45) is 5.92 Å². The van der Waals surface area contributed by atoms with Gasteiger partial charge in [0.25, 0.3) is 0 Å². The summed E-state index contributed by atoms with van der Waals surface area (Å²) in [5, 5.41) is 3.10. The van der Waals surface area contributed by atoms with Crippen molar-refractivity contribution in [2.45, 2.75) is 56.6 Å². The molecule has 0 aliphatic carbocycles. The lowest BCUT2D eigenvalue weighted by molar-refractivity contribution is -0.124. The molecule has 6 nitrogen and oxygen atoms in total. The zero-order valence-corrected chi connectivity index (χ0v) is 19.1. The Labute approximate surface area is 186 Å². The molecule has 0 spiro atoms. The van der Waals surface area contributed by atoms with Crippen LogP contribution in [0.15, 0.2) is 65.6 Å². The van der Waals surface area contributed by atoms with E-state index in [1.807, 2.05) is 32.0 Å². The van der Waals surface area contributed by atoms with Gasteiger partial charge in [-0.15, -0.1) is 0 Å². The van der Waals surface area contributed by atoms with Gasteiger partial charge in [0.1, 0.15) is 6.04 Å². The predicted octanol–water partition coefficient (Wildman–Crippen LogP) is 3.16. The van der Waals surface area contributed by atoms with Crippen LogP contribution in [0.1, 0.15) is 38.7 Å². The van der Waals surface area contributed by atoms with E-state index in [0.717, 1.165) is 32.5 Å². The Kier molecular flexibility index (Phi) is 8.23. The number of sulfonamides is 1. The summed E-state index contributed by atoms with van der Waals surface area (Å²) < 4.78 is 28.2. The topological polar surface area (TPSA) is 78.5 Å². The van der Waals surface area contributed by atoms with E-state index in [9.17, 15) is 13.2 Å². The Balaban J connectivity index is 1.57. The summed E-state index contributed by atoms with van der Waals surface area (Å²) in [6, 6.07) is 17.8. The summed E-state index contributed by atoms with van der Waals surface area (Å²) >= 11 is 0. The van der Waals surface area contributed by atoms with Gasteiger partial charge in [-0.3, -0.25) is 9.69 Å². The highest BCUT2D eigenvalue weighted by Crippen LogP contribution is 2.17. The third kappa shape index (κ3) is 6.63. The van der Waals surface area contributed by atoms with E-state index in [1.165, 1.54) is 17.7 Å². The number of likely N-dealkylation sites (tertiary alicyclic amines) is 1. The lowest BCUT2D eigenvalue weighted by atomic mass is 9.98. The standard InChI is InChI=1S/C24H33N3O3S/c1-3-19(2)23(26-31(29,30)22-12-8-5-9-13-22)24(28)25-21-14-16-27(17-15-21)18-20-10-6-4-7-11-20/h4-13,19,21,23,26H,3,14-18H2,1-2H3,(H,25,28). The van der Waals surface area contributed by atoms with Crippen molar-refractivity contribution < 1.29 is 13.2 Å². The second-order valence-corrected chi connectivity index (χ2v) is 10.1. The first-order chi connectivity index (χ1) is 14.9. The SMILES string of the molecule is CCC(C)C(NS(=O)(=O)c1ccccc1)C(=O)NC1CCN(Cc2ccccc2)CC1. The fraction of sp³-hybridized carbons (Fsp3) is 0.458. The second kappa shape index (κ2) is 10.9. The quantitative estimate of drug-likeness (QED) is 0.624. The number of nitrogens with one attached hydrogen (secondary N) is 2. The minimum atomic E-state index is -3.76. The molecule has 1 aliphatic heterocycles. The van der Waals surface area contributed by atoms with Crippen molar-refractivity contribution in [3.05, 3.63) is 66.2 Å². The van der Waals surface area contributed by atoms with Crippen LogP contribution < -0.4 is 10.0 Å². The van der Waals surface area contributed by atoms with Crippen LogP contribution >= 0.6 is 0 Å². The molecule has 0 saturated carbocycles. The van der Waals surface area contributed by atoms with Crippen LogP contribution in [0.5, 0.6) is 0 Å². The number of hydrogen-bond donors (Lipinski definition) is 2. The van der Waals surface area contributed by atoms with Crippen molar-refractivity contribution in [3.63, 3.8) is 0 Å². The molecule has 2 atom stereocenters. The van der Waals surface area contributed by atoms with E-state index in [1.54, 1.807) is 18.2 Å². The van der Waals surface area contributed by atoms with E-state index < -0.39 is 16.1 Å². The minimum absolute atomic E-state index is 0.0623. The largest absolute Gasteiger partial charge is 0.352 e. The molecule has 3 rings (SSSR count). The molecule has 31 heavy (non-hydrogen) atoms. The van der Waals surface area contributed by atoms with Gasteiger partial charge in [-0.05, 0) is 36.5 Å². The van der Waals surface area contributed by atoms with E-state index in [4.69, 9.17) is 0 Å². The van der Waals surface area contributed by atoms with E-state index in [-0.39, 0.29) is 22.8 Å². The third-order valence-electron chi connectivity index (χ3n) is 6.01. The normalized spacial score (nSPS) is 17.7. The predicted molar refractivity (Wildman–Crippen MR) is 123 cm³/mol. The summed E-state index contributed by atoms with van der Waals surface area (Å²) in [4.78, 5) is 15.6. The molecule has 1 fully saturated rings. The molecule has 2 N–H and O–H groups in total. The first-order valence-corrected chi connectivity index (χ1v) is 12.5. The maximum Gasteiger partial charge on any atom is 0.241 e. The zero-order valence-electron chi connectivity index (χ0n) is 18.3. The molecule has 0 bridgehead atoms. The monoisotopic (exact) mass is 443 g/mol. The van der Waals surface area contributed by atoms with Crippen molar-refractivity contribution in [3.8, 4) is 0 Å². The number of piperidine rings is 1. The molecule has 1 aliphatic rings. The highest BCUT2D eigenvalue weighted by atomic mass is 32.2. The number of carbonyl (C=O) groups is 1. The Bertz CT molecular complexity index is 927. The van der Waals surface area contributed by atoms with Crippen molar-refractivity contribution >= 4 is 15.9 Å². The van der Waals surface area contributed by atoms with Gasteiger partial charge >= 0.3 is 0 Å². The first-order valence-electron chi connectivity index (χ1n) is 11.0. The van der Waals surface area contributed by atoms with Crippen LogP contribution in [0.3, 0.4) is 0 Å². The Morgan fingerprint density at radius 2 is 1.61 bits per heavy atom. The van der Waals surface area contributed by atoms with Gasteiger partial charge in [0, 0.05) is 25.7 Å². The number of carbonyl (C=O) groups excluding carboxylic acids is 1. The van der Waals surface area contributed by atoms with Gasteiger partial charge in [-0.25, -0.2) is 8.42 Å². The molecule has 2 aromatic rings. The van der Waals surface area contributed by atoms with Crippen LogP contribution in [0, 0.1) is 5.92 Å². The smallest absolute Gasteiger partial charge is 0.241 e. The van der Waals surface area contributed by atoms with Gasteiger partial charge in [0.05, 0.1) is 4.90 Å². The summed E-state index contributed by atoms with van der Waals surface area (Å²) in [6.07, 6.45) is 2.42. The van der Waals surface area contributed by atoms with Gasteiger partial charge < -0.3 is 5.32 Å². The van der Waals surface area contributed by atoms with Gasteiger partial charge in [-0.2, -0.15) is 4.72 Å². The molecule has 2 unspecified atom stereocenters. The summed E-state index contributed by atoms with van der Waals surface area (Å²) in [5.41, 5.74) is 1.29. The van der Waals surface area contributed by atoms with Gasteiger partial charge in [0.2, 0.25) is 15.9 Å². The highest BCUT2D eigenvalue weighted by molar-refractivity contribution is 7.89. The number of hydrogen-bond acceptors (Lipinski definition) is 4. The summed E-state index contributed by atoms with van der Waals surface area (Å²) in [7, 11) is -3.76. The lowest BCUT2D eigenvalue weighted by Gasteiger charge is -2.33. The summed E-state index contributed by atoms with van der Waals surface area (Å²) in [6.45, 7) is 6.59. The molecular formula is C24H33N3O3S. The molecule has 1 saturated heterocycles. The molecule has 168 valence electrons. The molecular weight excluding hydrogens is 410 g/mol. The summed E-state index contributed by atoms with van der Waals surface area (Å²) in [5.74, 6) is -0.355. The molecule has 7 heteroatoms. The fourth-order valence-electron chi connectivity index (χ4n) is 3.87. The first kappa shape index (κ1) is 23.4. The fourth-order valence-corrected chi connectivity index (χ4v) is 5.19. The lowest BCUT2D eigenvalue weighted by Crippen LogP contribution is -2.54. The van der Waals surface area contributed by atoms with Crippen LogP contribution in [0.25, 0.3) is 0 Å². The number of amides is 1.